The van der Waals surface area contributed by atoms with Gasteiger partial charge in [-0.05, 0) is 18.9 Å². The molecule has 1 atom stereocenters. The molecule has 2 saturated heterocycles. The molecule has 1 amide bonds. The lowest BCUT2D eigenvalue weighted by Gasteiger charge is -2.32. The Bertz CT molecular complexity index is 871. The van der Waals surface area contributed by atoms with Gasteiger partial charge < -0.3 is 14.5 Å². The van der Waals surface area contributed by atoms with E-state index < -0.39 is 0 Å². The van der Waals surface area contributed by atoms with Gasteiger partial charge in [0.05, 0.1) is 18.8 Å². The molecular formula is C17H23N7O3. The van der Waals surface area contributed by atoms with Crippen LogP contribution in [-0.4, -0.2) is 67.9 Å². The zero-order valence-corrected chi connectivity index (χ0v) is 15.3. The van der Waals surface area contributed by atoms with Gasteiger partial charge in [-0.3, -0.25) is 9.36 Å². The van der Waals surface area contributed by atoms with Crippen molar-refractivity contribution in [3.05, 3.63) is 34.8 Å². The molecule has 27 heavy (non-hydrogen) atoms. The molecule has 2 aliphatic heterocycles. The van der Waals surface area contributed by atoms with Crippen molar-refractivity contribution < 1.29 is 9.53 Å². The van der Waals surface area contributed by atoms with Crippen LogP contribution in [-0.2, 0) is 23.1 Å². The quantitative estimate of drug-likeness (QED) is 0.717. The topological polar surface area (TPSA) is 98.4 Å². The molecule has 2 aliphatic rings. The summed E-state index contributed by atoms with van der Waals surface area (Å²) >= 11 is 0. The Hall–Kier alpha value is -2.75. The van der Waals surface area contributed by atoms with E-state index in [0.29, 0.717) is 19.7 Å². The van der Waals surface area contributed by atoms with Gasteiger partial charge in [-0.2, -0.15) is 5.10 Å². The number of hydrogen-bond acceptors (Lipinski definition) is 7. The van der Waals surface area contributed by atoms with Gasteiger partial charge in [0.25, 0.3) is 0 Å². The van der Waals surface area contributed by atoms with E-state index in [1.165, 1.54) is 15.6 Å². The van der Waals surface area contributed by atoms with E-state index in [0.717, 1.165) is 37.6 Å². The number of hydrogen-bond donors (Lipinski definition) is 0. The average Bonchev–Trinajstić information content (AvgIpc) is 3.34. The summed E-state index contributed by atoms with van der Waals surface area (Å²) in [4.78, 5) is 37.4. The summed E-state index contributed by atoms with van der Waals surface area (Å²) in [5, 5.41) is 3.95. The first-order valence-corrected chi connectivity index (χ1v) is 9.17. The summed E-state index contributed by atoms with van der Waals surface area (Å²) in [5.74, 6) is 0.565. The number of rotatable bonds is 4. The molecule has 2 aromatic rings. The summed E-state index contributed by atoms with van der Waals surface area (Å²) in [6.45, 7) is 3.18. The van der Waals surface area contributed by atoms with Crippen LogP contribution in [0.3, 0.4) is 0 Å². The third-order valence-electron chi connectivity index (χ3n) is 4.97. The van der Waals surface area contributed by atoms with Gasteiger partial charge in [0.15, 0.2) is 0 Å². The van der Waals surface area contributed by atoms with Crippen molar-refractivity contribution in [2.45, 2.75) is 25.5 Å². The van der Waals surface area contributed by atoms with Gasteiger partial charge in [-0.1, -0.05) is 0 Å². The highest BCUT2D eigenvalue weighted by molar-refractivity contribution is 5.76. The second-order valence-corrected chi connectivity index (χ2v) is 6.86. The molecule has 10 heteroatoms. The van der Waals surface area contributed by atoms with Crippen molar-refractivity contribution in [1.29, 1.82) is 0 Å². The van der Waals surface area contributed by atoms with Gasteiger partial charge in [-0.25, -0.2) is 19.4 Å². The first kappa shape index (κ1) is 17.7. The summed E-state index contributed by atoms with van der Waals surface area (Å²) in [5.41, 5.74) is 0.471. The van der Waals surface area contributed by atoms with E-state index in [1.807, 2.05) is 6.07 Å². The molecule has 0 radical (unpaired) electrons. The van der Waals surface area contributed by atoms with Gasteiger partial charge in [0, 0.05) is 32.9 Å². The Morgan fingerprint density at radius 2 is 2.11 bits per heavy atom. The lowest BCUT2D eigenvalue weighted by molar-refractivity contribution is -0.140. The Balaban J connectivity index is 1.44. The van der Waals surface area contributed by atoms with Crippen LogP contribution < -0.4 is 10.6 Å². The molecular weight excluding hydrogens is 350 g/mol. The minimum absolute atomic E-state index is 0.0742. The highest BCUT2D eigenvalue weighted by Crippen LogP contribution is 2.23. The van der Waals surface area contributed by atoms with Gasteiger partial charge in [0.1, 0.15) is 19.0 Å². The molecule has 2 aromatic heterocycles. The molecule has 4 rings (SSSR count). The number of aryl methyl sites for hydroxylation is 1. The van der Waals surface area contributed by atoms with E-state index in [2.05, 4.69) is 20.0 Å². The number of morpholine rings is 1. The van der Waals surface area contributed by atoms with E-state index in [9.17, 15) is 9.59 Å². The molecule has 0 spiro atoms. The minimum atomic E-state index is -0.306. The molecule has 0 saturated carbocycles. The number of anilines is 1. The second kappa shape index (κ2) is 7.47. The highest BCUT2D eigenvalue weighted by Gasteiger charge is 2.28. The average molecular weight is 373 g/mol. The fourth-order valence-corrected chi connectivity index (χ4v) is 3.42. The fourth-order valence-electron chi connectivity index (χ4n) is 3.42. The lowest BCUT2D eigenvalue weighted by Crippen LogP contribution is -2.45. The van der Waals surface area contributed by atoms with Gasteiger partial charge >= 0.3 is 5.69 Å². The molecule has 10 nitrogen and oxygen atoms in total. The van der Waals surface area contributed by atoms with Crippen LogP contribution in [0.1, 0.15) is 24.6 Å². The Morgan fingerprint density at radius 1 is 1.30 bits per heavy atom. The van der Waals surface area contributed by atoms with Crippen molar-refractivity contribution >= 4 is 11.9 Å². The third kappa shape index (κ3) is 3.70. The number of carbonyl (C=O) groups excluding carboxylic acids is 1. The first-order chi connectivity index (χ1) is 13.1. The van der Waals surface area contributed by atoms with E-state index >= 15 is 0 Å². The van der Waals surface area contributed by atoms with Crippen molar-refractivity contribution in [1.82, 2.24) is 29.2 Å². The summed E-state index contributed by atoms with van der Waals surface area (Å²) in [6, 6.07) is 1.83. The number of carbonyl (C=O) groups is 1. The molecule has 144 valence electrons. The predicted octanol–water partition coefficient (Wildman–Crippen LogP) is -0.428. The number of amides is 1. The summed E-state index contributed by atoms with van der Waals surface area (Å²) in [6.07, 6.45) is 5.16. The predicted molar refractivity (Wildman–Crippen MR) is 96.2 cm³/mol. The molecule has 0 bridgehead atoms. The van der Waals surface area contributed by atoms with Crippen LogP contribution in [0.15, 0.2) is 23.4 Å². The number of aromatic nitrogens is 5. The van der Waals surface area contributed by atoms with Crippen LogP contribution in [0.2, 0.25) is 0 Å². The summed E-state index contributed by atoms with van der Waals surface area (Å²) < 4.78 is 8.36. The Labute approximate surface area is 156 Å². The Morgan fingerprint density at radius 3 is 2.85 bits per heavy atom. The first-order valence-electron chi connectivity index (χ1n) is 9.17. The normalized spacial score (nSPS) is 20.3. The maximum Gasteiger partial charge on any atom is 0.345 e. The molecule has 2 fully saturated rings. The standard InChI is InChI=1S/C17H23N7O3/c1-21-12-19-24(17(21)26)11-15(25)23-8-9-27-14(10-23)13-4-5-18-16(20-13)22-6-2-3-7-22/h4-5,12,14H,2-3,6-11H2,1H3/t14-/m0/s1. The van der Waals surface area contributed by atoms with Crippen molar-refractivity contribution in [2.75, 3.05) is 37.7 Å². The van der Waals surface area contributed by atoms with E-state index in [4.69, 9.17) is 4.74 Å². The van der Waals surface area contributed by atoms with Crippen molar-refractivity contribution in [3.63, 3.8) is 0 Å². The maximum absolute atomic E-state index is 12.6. The smallest absolute Gasteiger partial charge is 0.345 e. The Kier molecular flexibility index (Phi) is 4.88. The second-order valence-electron chi connectivity index (χ2n) is 6.86. The zero-order valence-electron chi connectivity index (χ0n) is 15.3. The summed E-state index contributed by atoms with van der Waals surface area (Å²) in [7, 11) is 1.61. The SMILES string of the molecule is Cn1cnn(CC(=O)N2CCO[C@H](c3ccnc(N4CCCC4)n3)C2)c1=O. The van der Waals surface area contributed by atoms with Crippen LogP contribution in [0.25, 0.3) is 0 Å². The lowest BCUT2D eigenvalue weighted by atomic mass is 10.2. The molecule has 0 aromatic carbocycles. The molecule has 0 N–H and O–H groups in total. The highest BCUT2D eigenvalue weighted by atomic mass is 16.5. The largest absolute Gasteiger partial charge is 0.368 e. The number of ether oxygens (including phenoxy) is 1. The monoisotopic (exact) mass is 373 g/mol. The van der Waals surface area contributed by atoms with E-state index in [-0.39, 0.29) is 24.2 Å². The van der Waals surface area contributed by atoms with Crippen molar-refractivity contribution in [2.24, 2.45) is 7.05 Å². The number of nitrogens with zero attached hydrogens (tertiary/aromatic N) is 7. The fraction of sp³-hybridized carbons (Fsp3) is 0.588. The molecule has 0 aliphatic carbocycles. The van der Waals surface area contributed by atoms with Crippen LogP contribution >= 0.6 is 0 Å². The van der Waals surface area contributed by atoms with Gasteiger partial charge in [-0.15, -0.1) is 0 Å². The molecule has 0 unspecified atom stereocenters. The zero-order chi connectivity index (χ0) is 18.8. The van der Waals surface area contributed by atoms with Crippen LogP contribution in [0, 0.1) is 0 Å². The van der Waals surface area contributed by atoms with Crippen LogP contribution in [0.5, 0.6) is 0 Å². The maximum atomic E-state index is 12.6. The third-order valence-corrected chi connectivity index (χ3v) is 4.97. The van der Waals surface area contributed by atoms with E-state index in [1.54, 1.807) is 18.1 Å². The van der Waals surface area contributed by atoms with Crippen LogP contribution in [0.4, 0.5) is 5.95 Å². The van der Waals surface area contributed by atoms with Crippen molar-refractivity contribution in [3.8, 4) is 0 Å². The minimum Gasteiger partial charge on any atom is -0.368 e. The van der Waals surface area contributed by atoms with Gasteiger partial charge in [0.2, 0.25) is 11.9 Å². The molecule has 4 heterocycles.